The lowest BCUT2D eigenvalue weighted by molar-refractivity contribution is -0.118. The van der Waals surface area contributed by atoms with Gasteiger partial charge in [-0.2, -0.15) is 0 Å². The van der Waals surface area contributed by atoms with Gasteiger partial charge in [0.05, 0.1) is 5.02 Å². The minimum atomic E-state index is -0.220. The molecule has 0 aliphatic rings. The molecule has 2 aromatic rings. The van der Waals surface area contributed by atoms with Crippen LogP contribution in [0, 0.1) is 13.8 Å². The molecule has 0 saturated heterocycles. The van der Waals surface area contributed by atoms with Gasteiger partial charge in [0.15, 0.2) is 6.61 Å². The van der Waals surface area contributed by atoms with E-state index in [1.807, 2.05) is 38.1 Å². The summed E-state index contributed by atoms with van der Waals surface area (Å²) >= 11 is 9.35. The molecule has 0 bridgehead atoms. The molecule has 0 aliphatic carbocycles. The average Bonchev–Trinajstić information content (AvgIpc) is 2.42. The second kappa shape index (κ2) is 6.96. The predicted molar refractivity (Wildman–Crippen MR) is 89.2 cm³/mol. The van der Waals surface area contributed by atoms with Gasteiger partial charge in [-0.25, -0.2) is 0 Å². The second-order valence-electron chi connectivity index (χ2n) is 4.73. The van der Waals surface area contributed by atoms with E-state index < -0.39 is 0 Å². The molecule has 0 radical (unpaired) electrons. The van der Waals surface area contributed by atoms with E-state index in [0.717, 1.165) is 21.3 Å². The molecule has 2 rings (SSSR count). The highest BCUT2D eigenvalue weighted by Gasteiger charge is 2.08. The summed E-state index contributed by atoms with van der Waals surface area (Å²) in [6, 6.07) is 11.2. The van der Waals surface area contributed by atoms with Crippen molar-refractivity contribution >= 4 is 39.1 Å². The number of rotatable bonds is 4. The normalized spacial score (nSPS) is 10.3. The molecule has 5 heteroatoms. The van der Waals surface area contributed by atoms with E-state index in [4.69, 9.17) is 16.3 Å². The molecule has 21 heavy (non-hydrogen) atoms. The van der Waals surface area contributed by atoms with E-state index in [2.05, 4.69) is 21.2 Å². The maximum atomic E-state index is 11.9. The quantitative estimate of drug-likeness (QED) is 0.846. The maximum absolute atomic E-state index is 11.9. The number of halogens is 2. The Morgan fingerprint density at radius 2 is 2.00 bits per heavy atom. The number of hydrogen-bond acceptors (Lipinski definition) is 2. The lowest BCUT2D eigenvalue weighted by Gasteiger charge is -2.11. The fraction of sp³-hybridized carbons (Fsp3) is 0.188. The standard InChI is InChI=1S/C16H15BrClNO2/c1-10-3-4-11(2)14(7-10)19-16(20)9-21-15-6-5-12(17)8-13(15)18/h3-8H,9H2,1-2H3,(H,19,20). The van der Waals surface area contributed by atoms with Crippen molar-refractivity contribution in [3.05, 3.63) is 57.0 Å². The van der Waals surface area contributed by atoms with Crippen LogP contribution in [0.1, 0.15) is 11.1 Å². The highest BCUT2D eigenvalue weighted by atomic mass is 79.9. The van der Waals surface area contributed by atoms with Crippen LogP contribution in [0.4, 0.5) is 5.69 Å². The molecule has 0 unspecified atom stereocenters. The van der Waals surface area contributed by atoms with Gasteiger partial charge in [0.2, 0.25) is 0 Å². The molecule has 3 nitrogen and oxygen atoms in total. The van der Waals surface area contributed by atoms with Crippen molar-refractivity contribution in [1.82, 2.24) is 0 Å². The van der Waals surface area contributed by atoms with Crippen LogP contribution >= 0.6 is 27.5 Å². The van der Waals surface area contributed by atoms with Crippen LogP contribution in [0.2, 0.25) is 5.02 Å². The Labute approximate surface area is 137 Å². The van der Waals surface area contributed by atoms with Crippen LogP contribution in [-0.2, 0) is 4.79 Å². The Morgan fingerprint density at radius 3 is 2.71 bits per heavy atom. The Balaban J connectivity index is 1.97. The van der Waals surface area contributed by atoms with Crippen molar-refractivity contribution in [2.24, 2.45) is 0 Å². The van der Waals surface area contributed by atoms with Crippen LogP contribution in [0.3, 0.4) is 0 Å². The molecule has 0 atom stereocenters. The van der Waals surface area contributed by atoms with E-state index in [0.29, 0.717) is 10.8 Å². The average molecular weight is 369 g/mol. The molecule has 0 saturated carbocycles. The summed E-state index contributed by atoms with van der Waals surface area (Å²) in [6.07, 6.45) is 0. The molecule has 0 spiro atoms. The first-order valence-corrected chi connectivity index (χ1v) is 7.58. The smallest absolute Gasteiger partial charge is 0.262 e. The summed E-state index contributed by atoms with van der Waals surface area (Å²) in [6.45, 7) is 3.84. The molecule has 1 N–H and O–H groups in total. The van der Waals surface area contributed by atoms with Gasteiger partial charge in [-0.3, -0.25) is 4.79 Å². The van der Waals surface area contributed by atoms with Crippen molar-refractivity contribution < 1.29 is 9.53 Å². The lowest BCUT2D eigenvalue weighted by atomic mass is 10.1. The number of aryl methyl sites for hydroxylation is 2. The van der Waals surface area contributed by atoms with E-state index in [-0.39, 0.29) is 12.5 Å². The first-order chi connectivity index (χ1) is 9.95. The number of nitrogens with one attached hydrogen (secondary N) is 1. The number of amides is 1. The van der Waals surface area contributed by atoms with Crippen LogP contribution in [0.25, 0.3) is 0 Å². The van der Waals surface area contributed by atoms with Crippen molar-refractivity contribution in [1.29, 1.82) is 0 Å². The Bertz CT molecular complexity index is 673. The number of anilines is 1. The number of carbonyl (C=O) groups excluding carboxylic acids is 1. The zero-order valence-corrected chi connectivity index (χ0v) is 14.1. The Hall–Kier alpha value is -1.52. The van der Waals surface area contributed by atoms with Crippen molar-refractivity contribution in [2.45, 2.75) is 13.8 Å². The minimum Gasteiger partial charge on any atom is -0.482 e. The molecule has 0 fully saturated rings. The summed E-state index contributed by atoms with van der Waals surface area (Å²) in [5.74, 6) is 0.263. The first-order valence-electron chi connectivity index (χ1n) is 6.40. The zero-order chi connectivity index (χ0) is 15.4. The van der Waals surface area contributed by atoms with Gasteiger partial charge in [-0.15, -0.1) is 0 Å². The topological polar surface area (TPSA) is 38.3 Å². The third-order valence-corrected chi connectivity index (χ3v) is 3.71. The van der Waals surface area contributed by atoms with Crippen LogP contribution in [-0.4, -0.2) is 12.5 Å². The number of carbonyl (C=O) groups is 1. The van der Waals surface area contributed by atoms with E-state index >= 15 is 0 Å². The van der Waals surface area contributed by atoms with Gasteiger partial charge in [0, 0.05) is 10.2 Å². The van der Waals surface area contributed by atoms with Crippen molar-refractivity contribution in [3.63, 3.8) is 0 Å². The van der Waals surface area contributed by atoms with Crippen molar-refractivity contribution in [3.8, 4) is 5.75 Å². The molecule has 110 valence electrons. The summed E-state index contributed by atoms with van der Waals surface area (Å²) in [4.78, 5) is 11.9. The largest absolute Gasteiger partial charge is 0.482 e. The van der Waals surface area contributed by atoms with Crippen LogP contribution < -0.4 is 10.1 Å². The molecular weight excluding hydrogens is 354 g/mol. The zero-order valence-electron chi connectivity index (χ0n) is 11.7. The summed E-state index contributed by atoms with van der Waals surface area (Å²) in [5, 5.41) is 3.30. The fourth-order valence-electron chi connectivity index (χ4n) is 1.79. The Morgan fingerprint density at radius 1 is 1.24 bits per heavy atom. The van der Waals surface area contributed by atoms with Gasteiger partial charge < -0.3 is 10.1 Å². The highest BCUT2D eigenvalue weighted by molar-refractivity contribution is 9.10. The molecular formula is C16H15BrClNO2. The van der Waals surface area contributed by atoms with E-state index in [1.165, 1.54) is 0 Å². The second-order valence-corrected chi connectivity index (χ2v) is 6.05. The molecule has 0 aliphatic heterocycles. The first kappa shape index (κ1) is 15.9. The maximum Gasteiger partial charge on any atom is 0.262 e. The van der Waals surface area contributed by atoms with E-state index in [1.54, 1.807) is 12.1 Å². The third kappa shape index (κ3) is 4.48. The monoisotopic (exact) mass is 367 g/mol. The predicted octanol–water partition coefficient (Wildman–Crippen LogP) is 4.74. The summed E-state index contributed by atoms with van der Waals surface area (Å²) < 4.78 is 6.29. The lowest BCUT2D eigenvalue weighted by Crippen LogP contribution is -2.20. The molecule has 2 aromatic carbocycles. The highest BCUT2D eigenvalue weighted by Crippen LogP contribution is 2.27. The van der Waals surface area contributed by atoms with Gasteiger partial charge in [0.1, 0.15) is 5.75 Å². The minimum absolute atomic E-state index is 0.0886. The van der Waals surface area contributed by atoms with E-state index in [9.17, 15) is 4.79 Å². The fourth-order valence-corrected chi connectivity index (χ4v) is 2.52. The summed E-state index contributed by atoms with van der Waals surface area (Å²) in [7, 11) is 0. The molecule has 0 heterocycles. The van der Waals surface area contributed by atoms with Crippen molar-refractivity contribution in [2.75, 3.05) is 11.9 Å². The van der Waals surface area contributed by atoms with Gasteiger partial charge in [-0.1, -0.05) is 39.7 Å². The summed E-state index contributed by atoms with van der Waals surface area (Å²) in [5.41, 5.74) is 2.90. The molecule has 1 amide bonds. The Kier molecular flexibility index (Phi) is 5.26. The number of ether oxygens (including phenoxy) is 1. The molecule has 0 aromatic heterocycles. The van der Waals surface area contributed by atoms with Crippen LogP contribution in [0.5, 0.6) is 5.75 Å². The van der Waals surface area contributed by atoms with Gasteiger partial charge >= 0.3 is 0 Å². The third-order valence-electron chi connectivity index (χ3n) is 2.92. The van der Waals surface area contributed by atoms with Gasteiger partial charge in [-0.05, 0) is 49.2 Å². The number of hydrogen-bond donors (Lipinski definition) is 1. The SMILES string of the molecule is Cc1ccc(C)c(NC(=O)COc2ccc(Br)cc2Cl)c1. The van der Waals surface area contributed by atoms with Crippen LogP contribution in [0.15, 0.2) is 40.9 Å². The van der Waals surface area contributed by atoms with Gasteiger partial charge in [0.25, 0.3) is 5.91 Å². The number of benzene rings is 2.